The number of nitrogens with one attached hydrogen (secondary N) is 2. The number of carbonyl (C=O) groups is 4. The van der Waals surface area contributed by atoms with Crippen molar-refractivity contribution in [2.75, 3.05) is 159 Å². The van der Waals surface area contributed by atoms with Crippen molar-refractivity contribution in [3.05, 3.63) is 142 Å². The highest BCUT2D eigenvalue weighted by atomic mass is 16.5. The second-order valence-electron chi connectivity index (χ2n) is 20.8. The molecule has 0 saturated heterocycles. The van der Waals surface area contributed by atoms with Crippen molar-refractivity contribution in [3.63, 3.8) is 0 Å². The molecule has 2 aliphatic heterocycles. The van der Waals surface area contributed by atoms with Crippen LogP contribution in [-0.2, 0) is 28.4 Å². The summed E-state index contributed by atoms with van der Waals surface area (Å²) in [5.74, 6) is 2.43. The van der Waals surface area contributed by atoms with Crippen molar-refractivity contribution in [2.45, 2.75) is 0 Å². The molecule has 2 amide bonds. The number of nitrogens with zero attached hydrogens (tertiary/aromatic N) is 4. The number of terminal acetylenes is 2. The van der Waals surface area contributed by atoms with E-state index in [1.807, 2.05) is 148 Å². The van der Waals surface area contributed by atoms with Gasteiger partial charge in [-0.3, -0.25) is 9.59 Å². The number of carboxylic acid groups (broad SMARTS) is 2. The van der Waals surface area contributed by atoms with Crippen LogP contribution in [0.15, 0.2) is 118 Å². The highest BCUT2D eigenvalue weighted by Crippen LogP contribution is 2.44. The summed E-state index contributed by atoms with van der Waals surface area (Å²) in [5.41, 5.74) is 6.96. The van der Waals surface area contributed by atoms with Crippen LogP contribution in [0.4, 0.5) is 11.4 Å². The number of fused-ring (bicyclic) bond motifs is 4. The quantitative estimate of drug-likeness (QED) is 0.0304. The van der Waals surface area contributed by atoms with Gasteiger partial charge in [0, 0.05) is 132 Å². The van der Waals surface area contributed by atoms with Gasteiger partial charge in [-0.25, -0.2) is 9.15 Å². The highest BCUT2D eigenvalue weighted by Gasteiger charge is 2.24. The third-order valence-corrected chi connectivity index (χ3v) is 13.9. The second-order valence-corrected chi connectivity index (χ2v) is 20.8. The molecule has 4 aromatic rings. The fourth-order valence-corrected chi connectivity index (χ4v) is 9.39. The molecule has 0 atom stereocenters. The lowest BCUT2D eigenvalue weighted by Gasteiger charge is -2.20. The van der Waals surface area contributed by atoms with Gasteiger partial charge >= 0.3 is 0 Å². The Hall–Kier alpha value is -9.38. The van der Waals surface area contributed by atoms with Crippen molar-refractivity contribution >= 4 is 57.1 Å². The van der Waals surface area contributed by atoms with Gasteiger partial charge in [0.1, 0.15) is 64.1 Å². The number of benzene rings is 6. The van der Waals surface area contributed by atoms with Gasteiger partial charge in [-0.2, -0.15) is 0 Å². The van der Waals surface area contributed by atoms with Crippen LogP contribution in [0, 0.1) is 24.7 Å². The number of anilines is 2. The summed E-state index contributed by atoms with van der Waals surface area (Å²) in [6.45, 7) is 4.69. The molecule has 0 saturated carbocycles. The molecule has 0 radical (unpaired) electrons. The molecular weight excluding hydrogens is 1120 g/mol. The van der Waals surface area contributed by atoms with Gasteiger partial charge in [-0.15, -0.1) is 12.8 Å². The van der Waals surface area contributed by atoms with Gasteiger partial charge in [-0.1, -0.05) is 24.0 Å². The zero-order chi connectivity index (χ0) is 63.3. The zero-order valence-electron chi connectivity index (χ0n) is 51.0. The Balaban J connectivity index is 0.000000251. The van der Waals surface area contributed by atoms with Crippen molar-refractivity contribution in [3.8, 4) is 69.6 Å². The van der Waals surface area contributed by atoms with Crippen LogP contribution in [0.1, 0.15) is 41.4 Å². The summed E-state index contributed by atoms with van der Waals surface area (Å²) in [5, 5.41) is 33.7. The van der Waals surface area contributed by atoms with E-state index in [0.717, 1.165) is 33.0 Å². The van der Waals surface area contributed by atoms with Crippen LogP contribution in [0.2, 0.25) is 0 Å². The third kappa shape index (κ3) is 17.4. The molecule has 0 aromatic heterocycles. The first-order chi connectivity index (χ1) is 42.4. The number of ether oxygens (including phenoxy) is 6. The standard InChI is InChI=1S/2C34H37N3O7/c1-6-14-41-16-18-43-19-17-42-15-13-35-33(38)23-7-10-26(34(39)40)29(20-23)32-27-11-8-24(36(2)3)21-30(27)44-31-22-25(37(4)5)9-12-28(31)32;1-6-14-41-16-18-43-19-17-42-15-13-35-33(38)23-7-10-26(29(20-23)34(39)40)32-27-11-8-24(36(2)3)21-30(27)44-31-22-25(37(4)5)9-12-28(31)32/h2*1,7-12,20-22H,13-19H2,2-5H3,(H-,35,38,39,40). The number of rotatable bonds is 28. The van der Waals surface area contributed by atoms with Crippen LogP contribution in [0.25, 0.3) is 66.8 Å². The van der Waals surface area contributed by atoms with E-state index < -0.39 is 17.8 Å². The average molecular weight is 1200 g/mol. The fourth-order valence-electron chi connectivity index (χ4n) is 9.39. The Kier molecular flexibility index (Phi) is 24.3. The lowest BCUT2D eigenvalue weighted by molar-refractivity contribution is -0.256. The average Bonchev–Trinajstić information content (AvgIpc) is 0.842. The van der Waals surface area contributed by atoms with Crippen molar-refractivity contribution in [1.82, 2.24) is 19.8 Å². The maximum Gasteiger partial charge on any atom is 0.251 e. The Bertz CT molecular complexity index is 3940. The predicted molar refractivity (Wildman–Crippen MR) is 335 cm³/mol. The first-order valence-electron chi connectivity index (χ1n) is 28.4. The molecule has 460 valence electrons. The van der Waals surface area contributed by atoms with Crippen molar-refractivity contribution in [1.29, 1.82) is 0 Å². The van der Waals surface area contributed by atoms with Gasteiger partial charge in [0.15, 0.2) is 0 Å². The van der Waals surface area contributed by atoms with E-state index in [-0.39, 0.29) is 62.1 Å². The minimum atomic E-state index is -1.39. The first kappa shape index (κ1) is 66.2. The van der Waals surface area contributed by atoms with Crippen LogP contribution in [0.5, 0.6) is 0 Å². The lowest BCUT2D eigenvalue weighted by atomic mass is 9.89. The normalized spacial score (nSPS) is 11.0. The maximum absolute atomic E-state index is 13.1. The van der Waals surface area contributed by atoms with E-state index in [1.165, 1.54) is 18.2 Å². The Morgan fingerprint density at radius 1 is 0.466 bits per heavy atom. The van der Waals surface area contributed by atoms with Gasteiger partial charge in [-0.05, 0) is 71.8 Å². The van der Waals surface area contributed by atoms with E-state index in [9.17, 15) is 29.4 Å². The smallest absolute Gasteiger partial charge is 0.251 e. The summed E-state index contributed by atoms with van der Waals surface area (Å²) >= 11 is 0. The summed E-state index contributed by atoms with van der Waals surface area (Å²) < 4.78 is 48.6. The molecule has 0 fully saturated rings. The summed E-state index contributed by atoms with van der Waals surface area (Å²) in [6, 6.07) is 32.2. The molecule has 0 bridgehead atoms. The fraction of sp³-hybridized carbons (Fsp3) is 0.324. The summed E-state index contributed by atoms with van der Waals surface area (Å²) in [4.78, 5) is 54.7. The maximum atomic E-state index is 13.1. The molecule has 20 nitrogen and oxygen atoms in total. The SMILES string of the molecule is C#CCOCCOCCOCCNC(=O)c1ccc(-c2c3ccc(=[N+](C)C)cc-3oc3cc(N(C)C)ccc23)c(C(=O)[O-])c1.C#CCOCCOCCOCCNC(=O)c1ccc(C(=O)[O-])c(-c2c3ccc(=[N+](C)C)cc-3oc3cc(N(C)C)ccc23)c1. The number of amides is 2. The monoisotopic (exact) mass is 1200 g/mol. The zero-order valence-corrected chi connectivity index (χ0v) is 51.0. The van der Waals surface area contributed by atoms with E-state index in [0.29, 0.717) is 114 Å². The molecule has 2 heterocycles. The number of carboxylic acids is 2. The molecule has 4 aromatic carbocycles. The Morgan fingerprint density at radius 3 is 1.28 bits per heavy atom. The predicted octanol–water partition coefficient (Wildman–Crippen LogP) is 4.16. The third-order valence-electron chi connectivity index (χ3n) is 13.9. The van der Waals surface area contributed by atoms with Gasteiger partial charge < -0.3 is 77.5 Å². The number of carbonyl (C=O) groups excluding carboxylic acids is 4. The van der Waals surface area contributed by atoms with E-state index in [1.54, 1.807) is 18.2 Å². The minimum Gasteiger partial charge on any atom is -0.545 e. The van der Waals surface area contributed by atoms with Crippen LogP contribution < -0.4 is 50.5 Å². The topological polar surface area (TPSA) is 233 Å². The number of hydrogen-bond donors (Lipinski definition) is 2. The second kappa shape index (κ2) is 32.4. The molecule has 8 rings (SSSR count). The van der Waals surface area contributed by atoms with Gasteiger partial charge in [0.05, 0.1) is 90.1 Å². The highest BCUT2D eigenvalue weighted by molar-refractivity contribution is 6.10. The Labute approximate surface area is 511 Å². The van der Waals surface area contributed by atoms with E-state index >= 15 is 0 Å². The van der Waals surface area contributed by atoms with Crippen molar-refractivity contribution < 1.29 is 66.6 Å². The summed E-state index contributed by atoms with van der Waals surface area (Å²) in [6.07, 6.45) is 10.2. The largest absolute Gasteiger partial charge is 0.545 e. The van der Waals surface area contributed by atoms with Gasteiger partial charge in [0.2, 0.25) is 10.7 Å². The molecule has 2 aliphatic carbocycles. The molecular formula is C68H74N6O14. The van der Waals surface area contributed by atoms with Crippen LogP contribution >= 0.6 is 0 Å². The van der Waals surface area contributed by atoms with Gasteiger partial charge in [0.25, 0.3) is 11.8 Å². The summed E-state index contributed by atoms with van der Waals surface area (Å²) in [7, 11) is 15.5. The molecule has 0 spiro atoms. The van der Waals surface area contributed by atoms with Crippen LogP contribution in [0.3, 0.4) is 0 Å². The molecule has 20 heteroatoms. The van der Waals surface area contributed by atoms with Crippen molar-refractivity contribution in [2.24, 2.45) is 0 Å². The number of aromatic carboxylic acids is 2. The Morgan fingerprint density at radius 2 is 0.864 bits per heavy atom. The minimum absolute atomic E-state index is 0.0308. The molecule has 0 unspecified atom stereocenters. The molecule has 4 aliphatic rings. The number of hydrogen-bond acceptors (Lipinski definition) is 16. The first-order valence-corrected chi connectivity index (χ1v) is 28.4. The van der Waals surface area contributed by atoms with E-state index in [2.05, 4.69) is 22.5 Å². The van der Waals surface area contributed by atoms with Crippen LogP contribution in [-0.4, -0.2) is 173 Å². The molecule has 2 N–H and O–H groups in total. The van der Waals surface area contributed by atoms with E-state index in [4.69, 9.17) is 50.1 Å². The molecule has 88 heavy (non-hydrogen) atoms. The lowest BCUT2D eigenvalue weighted by Crippen LogP contribution is -2.29.